The van der Waals surface area contributed by atoms with Crippen molar-refractivity contribution in [3.63, 3.8) is 0 Å². The molecule has 0 aliphatic carbocycles. The third-order valence-electron chi connectivity index (χ3n) is 2.94. The van der Waals surface area contributed by atoms with Gasteiger partial charge in [0.15, 0.2) is 0 Å². The molecule has 1 fully saturated rings. The second-order valence-electron chi connectivity index (χ2n) is 4.14. The Hall–Kier alpha value is -1.29. The fourth-order valence-electron chi connectivity index (χ4n) is 2.09. The predicted molar refractivity (Wildman–Crippen MR) is 70.3 cm³/mol. The van der Waals surface area contributed by atoms with Crippen LogP contribution in [0.4, 0.5) is 0 Å². The summed E-state index contributed by atoms with van der Waals surface area (Å²) in [4.78, 5) is 0. The molecule has 3 rings (SSSR count). The van der Waals surface area contributed by atoms with E-state index in [1.54, 1.807) is 0 Å². The summed E-state index contributed by atoms with van der Waals surface area (Å²) in [7, 11) is 0. The van der Waals surface area contributed by atoms with Crippen LogP contribution in [0.25, 0.3) is 0 Å². The van der Waals surface area contributed by atoms with Gasteiger partial charge in [0.1, 0.15) is 0 Å². The molecule has 2 nitrogen and oxygen atoms in total. The zero-order valence-corrected chi connectivity index (χ0v) is 10.1. The maximum atomic E-state index is 6.20. The van der Waals surface area contributed by atoms with Crippen molar-refractivity contribution in [2.75, 3.05) is 0 Å². The standard InChI is InChI=1S/C14H13NOS/c15-14(16-17-14)13(11-7-3-1-4-8-11)12-9-5-2-6-10-12/h1-10,13H,15H2. The third kappa shape index (κ3) is 2.09. The molecule has 1 heterocycles. The van der Waals surface area contributed by atoms with Gasteiger partial charge in [-0.05, 0) is 11.1 Å². The molecule has 0 bridgehead atoms. The minimum Gasteiger partial charge on any atom is -0.291 e. The van der Waals surface area contributed by atoms with Crippen LogP contribution in [0.5, 0.6) is 0 Å². The van der Waals surface area contributed by atoms with Crippen LogP contribution in [0.2, 0.25) is 0 Å². The Morgan fingerprint density at radius 2 is 1.29 bits per heavy atom. The quantitative estimate of drug-likeness (QED) is 0.665. The maximum absolute atomic E-state index is 6.20. The van der Waals surface area contributed by atoms with Crippen molar-refractivity contribution in [2.24, 2.45) is 5.73 Å². The Balaban J connectivity index is 2.05. The molecule has 2 aromatic rings. The molecule has 0 spiro atoms. The number of rotatable bonds is 3. The SMILES string of the molecule is NC1(C(c2ccccc2)c2ccccc2)OS1. The van der Waals surface area contributed by atoms with E-state index in [1.807, 2.05) is 36.4 Å². The molecule has 0 aromatic heterocycles. The second-order valence-corrected chi connectivity index (χ2v) is 5.11. The molecular formula is C14H13NOS. The van der Waals surface area contributed by atoms with Gasteiger partial charge in [0.2, 0.25) is 5.06 Å². The average molecular weight is 243 g/mol. The van der Waals surface area contributed by atoms with Crippen molar-refractivity contribution in [3.05, 3.63) is 71.8 Å². The Bertz CT molecular complexity index is 457. The summed E-state index contributed by atoms with van der Waals surface area (Å²) in [5.74, 6) is 0.0786. The van der Waals surface area contributed by atoms with E-state index in [4.69, 9.17) is 9.92 Å². The lowest BCUT2D eigenvalue weighted by Crippen LogP contribution is -2.31. The molecule has 0 saturated carbocycles. The first-order valence-corrected chi connectivity index (χ1v) is 6.29. The average Bonchev–Trinajstić information content (AvgIpc) is 3.11. The fraction of sp³-hybridized carbons (Fsp3) is 0.143. The Kier molecular flexibility index (Phi) is 2.67. The van der Waals surface area contributed by atoms with Crippen LogP contribution in [-0.2, 0) is 4.18 Å². The van der Waals surface area contributed by atoms with E-state index < -0.39 is 5.06 Å². The van der Waals surface area contributed by atoms with E-state index in [0.29, 0.717) is 0 Å². The van der Waals surface area contributed by atoms with Gasteiger partial charge >= 0.3 is 0 Å². The molecular weight excluding hydrogens is 230 g/mol. The highest BCUT2D eigenvalue weighted by Crippen LogP contribution is 2.54. The summed E-state index contributed by atoms with van der Waals surface area (Å²) < 4.78 is 5.36. The van der Waals surface area contributed by atoms with Crippen LogP contribution in [0.1, 0.15) is 17.0 Å². The van der Waals surface area contributed by atoms with Gasteiger partial charge in [-0.25, -0.2) is 0 Å². The summed E-state index contributed by atoms with van der Waals surface area (Å²) >= 11 is 1.35. The zero-order chi connectivity index (χ0) is 11.7. The monoisotopic (exact) mass is 243 g/mol. The van der Waals surface area contributed by atoms with Crippen molar-refractivity contribution < 1.29 is 4.18 Å². The summed E-state index contributed by atoms with van der Waals surface area (Å²) in [6.07, 6.45) is 0. The van der Waals surface area contributed by atoms with Gasteiger partial charge in [-0.2, -0.15) is 0 Å². The van der Waals surface area contributed by atoms with Gasteiger partial charge in [0.05, 0.1) is 5.92 Å². The van der Waals surface area contributed by atoms with Crippen LogP contribution in [0.3, 0.4) is 0 Å². The highest BCUT2D eigenvalue weighted by atomic mass is 32.2. The van der Waals surface area contributed by atoms with E-state index in [1.165, 1.54) is 23.2 Å². The molecule has 1 atom stereocenters. The zero-order valence-electron chi connectivity index (χ0n) is 9.24. The van der Waals surface area contributed by atoms with Gasteiger partial charge in [-0.3, -0.25) is 9.92 Å². The van der Waals surface area contributed by atoms with Gasteiger partial charge in [0.25, 0.3) is 0 Å². The van der Waals surface area contributed by atoms with Crippen LogP contribution >= 0.6 is 12.0 Å². The predicted octanol–water partition coefficient (Wildman–Crippen LogP) is 3.11. The van der Waals surface area contributed by atoms with E-state index in [9.17, 15) is 0 Å². The third-order valence-corrected chi connectivity index (χ3v) is 3.73. The smallest absolute Gasteiger partial charge is 0.214 e. The van der Waals surface area contributed by atoms with E-state index in [-0.39, 0.29) is 5.92 Å². The molecule has 3 heteroatoms. The van der Waals surface area contributed by atoms with E-state index in [2.05, 4.69) is 24.3 Å². The van der Waals surface area contributed by atoms with Crippen LogP contribution < -0.4 is 5.73 Å². The largest absolute Gasteiger partial charge is 0.291 e. The minimum atomic E-state index is -0.608. The molecule has 1 saturated heterocycles. The van der Waals surface area contributed by atoms with Gasteiger partial charge in [-0.15, -0.1) is 0 Å². The lowest BCUT2D eigenvalue weighted by Gasteiger charge is -2.20. The van der Waals surface area contributed by atoms with Crippen molar-refractivity contribution in [2.45, 2.75) is 11.0 Å². The number of hydrogen-bond donors (Lipinski definition) is 1. The topological polar surface area (TPSA) is 38.5 Å². The molecule has 0 amide bonds. The Morgan fingerprint density at radius 1 is 0.882 bits per heavy atom. The summed E-state index contributed by atoms with van der Waals surface area (Å²) in [6, 6.07) is 20.5. The van der Waals surface area contributed by atoms with E-state index >= 15 is 0 Å². The molecule has 86 valence electrons. The minimum absolute atomic E-state index is 0.0786. The number of benzene rings is 2. The molecule has 1 aliphatic heterocycles. The van der Waals surface area contributed by atoms with Crippen LogP contribution in [-0.4, -0.2) is 5.06 Å². The highest BCUT2D eigenvalue weighted by molar-refractivity contribution is 8.01. The van der Waals surface area contributed by atoms with Crippen molar-refractivity contribution in [1.82, 2.24) is 0 Å². The fourth-order valence-corrected chi connectivity index (χ4v) is 2.65. The highest BCUT2D eigenvalue weighted by Gasteiger charge is 2.52. The van der Waals surface area contributed by atoms with E-state index in [0.717, 1.165) is 0 Å². The molecule has 2 aromatic carbocycles. The van der Waals surface area contributed by atoms with Gasteiger partial charge in [-0.1, -0.05) is 60.7 Å². The first-order valence-electron chi connectivity index (χ1n) is 5.55. The molecule has 2 N–H and O–H groups in total. The Labute approximate surface area is 105 Å². The molecule has 0 radical (unpaired) electrons. The maximum Gasteiger partial charge on any atom is 0.214 e. The number of nitrogens with two attached hydrogens (primary N) is 1. The summed E-state index contributed by atoms with van der Waals surface area (Å²) in [5.41, 5.74) is 8.57. The van der Waals surface area contributed by atoms with Crippen molar-refractivity contribution in [3.8, 4) is 0 Å². The molecule has 1 unspecified atom stereocenters. The van der Waals surface area contributed by atoms with Crippen LogP contribution in [0, 0.1) is 0 Å². The van der Waals surface area contributed by atoms with Gasteiger partial charge < -0.3 is 0 Å². The van der Waals surface area contributed by atoms with Crippen molar-refractivity contribution in [1.29, 1.82) is 0 Å². The first kappa shape index (κ1) is 10.8. The second kappa shape index (κ2) is 4.18. The van der Waals surface area contributed by atoms with Crippen LogP contribution in [0.15, 0.2) is 60.7 Å². The summed E-state index contributed by atoms with van der Waals surface area (Å²) in [5, 5.41) is -0.608. The molecule has 1 aliphatic rings. The Morgan fingerprint density at radius 3 is 1.65 bits per heavy atom. The van der Waals surface area contributed by atoms with Gasteiger partial charge in [0, 0.05) is 12.0 Å². The lowest BCUT2D eigenvalue weighted by atomic mass is 9.90. The van der Waals surface area contributed by atoms with Crippen molar-refractivity contribution >= 4 is 12.0 Å². The number of hydrogen-bond acceptors (Lipinski definition) is 3. The lowest BCUT2D eigenvalue weighted by molar-refractivity contribution is 0.298. The first-order chi connectivity index (χ1) is 8.30. The summed E-state index contributed by atoms with van der Waals surface area (Å²) in [6.45, 7) is 0. The molecule has 17 heavy (non-hydrogen) atoms. The normalized spacial score (nSPS) is 22.7.